The van der Waals surface area contributed by atoms with Gasteiger partial charge in [-0.15, -0.1) is 0 Å². The number of carbonyl (C=O) groups excluding carboxylic acids is 2. The summed E-state index contributed by atoms with van der Waals surface area (Å²) in [6.07, 6.45) is 1.57. The van der Waals surface area contributed by atoms with E-state index in [1.165, 1.54) is 12.1 Å². The van der Waals surface area contributed by atoms with E-state index in [1.807, 2.05) is 6.92 Å². The number of hydrogen-bond acceptors (Lipinski definition) is 6. The van der Waals surface area contributed by atoms with Gasteiger partial charge >= 0.3 is 17.9 Å². The Balaban J connectivity index is 2.59. The molecule has 0 saturated heterocycles. The number of rotatable bonds is 6. The Morgan fingerprint density at radius 1 is 1.11 bits per heavy atom. The van der Waals surface area contributed by atoms with Crippen molar-refractivity contribution in [3.63, 3.8) is 0 Å². The lowest BCUT2D eigenvalue weighted by atomic mass is 9.97. The molecular formula is C20H23NO6. The van der Waals surface area contributed by atoms with Crippen molar-refractivity contribution in [2.75, 3.05) is 6.61 Å². The fraction of sp³-hybridized carbons (Fsp3) is 0.400. The number of pyridine rings is 1. The first kappa shape index (κ1) is 20.4. The van der Waals surface area contributed by atoms with Gasteiger partial charge in [-0.25, -0.2) is 14.6 Å². The Kier molecular flexibility index (Phi) is 6.15. The molecule has 7 heteroatoms. The maximum atomic E-state index is 12.5. The van der Waals surface area contributed by atoms with E-state index in [9.17, 15) is 19.5 Å². The summed E-state index contributed by atoms with van der Waals surface area (Å²) in [6.45, 7) is 7.24. The van der Waals surface area contributed by atoms with Gasteiger partial charge in [0.25, 0.3) is 0 Å². The minimum atomic E-state index is -1.22. The molecule has 0 unspecified atom stereocenters. The molecule has 2 rings (SSSR count). The number of aromatic carboxylic acids is 1. The van der Waals surface area contributed by atoms with Crippen molar-refractivity contribution < 1.29 is 29.0 Å². The number of nitrogens with zero attached hydrogens (tertiary/aromatic N) is 1. The van der Waals surface area contributed by atoms with Crippen LogP contribution >= 0.6 is 0 Å². The summed E-state index contributed by atoms with van der Waals surface area (Å²) in [7, 11) is 0. The van der Waals surface area contributed by atoms with Gasteiger partial charge in [-0.05, 0) is 39.3 Å². The van der Waals surface area contributed by atoms with Crippen molar-refractivity contribution in [2.45, 2.75) is 40.5 Å². The molecule has 0 fully saturated rings. The molecule has 0 bridgehead atoms. The Bertz CT molecular complexity index is 882. The predicted octanol–water partition coefficient (Wildman–Crippen LogP) is 3.84. The molecule has 0 radical (unpaired) electrons. The zero-order valence-corrected chi connectivity index (χ0v) is 15.9. The Labute approximate surface area is 157 Å². The van der Waals surface area contributed by atoms with E-state index in [4.69, 9.17) is 9.47 Å². The molecule has 1 aromatic carbocycles. The van der Waals surface area contributed by atoms with Crippen molar-refractivity contribution in [2.24, 2.45) is 5.41 Å². The lowest BCUT2D eigenvalue weighted by Gasteiger charge is -2.19. The number of carbonyl (C=O) groups is 3. The van der Waals surface area contributed by atoms with Crippen LogP contribution < -0.4 is 4.74 Å². The smallest absolute Gasteiger partial charge is 0.354 e. The molecule has 2 aromatic rings. The number of unbranched alkanes of at least 4 members (excludes halogenated alkanes) is 1. The fourth-order valence-electron chi connectivity index (χ4n) is 2.18. The van der Waals surface area contributed by atoms with Gasteiger partial charge in [0.2, 0.25) is 0 Å². The van der Waals surface area contributed by atoms with Crippen LogP contribution in [0.3, 0.4) is 0 Å². The molecule has 1 N–H and O–H groups in total. The quantitative estimate of drug-likeness (QED) is 0.466. The van der Waals surface area contributed by atoms with E-state index in [-0.39, 0.29) is 29.1 Å². The summed E-state index contributed by atoms with van der Waals surface area (Å²) < 4.78 is 10.7. The molecule has 0 aliphatic rings. The zero-order chi connectivity index (χ0) is 20.2. The molecule has 27 heavy (non-hydrogen) atoms. The van der Waals surface area contributed by atoms with Gasteiger partial charge in [-0.3, -0.25) is 4.79 Å². The van der Waals surface area contributed by atoms with Crippen LogP contribution in [0.25, 0.3) is 10.9 Å². The molecule has 0 spiro atoms. The van der Waals surface area contributed by atoms with Crippen LogP contribution in [0.2, 0.25) is 0 Å². The minimum Gasteiger partial charge on any atom is -0.477 e. The molecule has 7 nitrogen and oxygen atoms in total. The average molecular weight is 373 g/mol. The Hall–Kier alpha value is -2.96. The van der Waals surface area contributed by atoms with E-state index in [0.29, 0.717) is 11.8 Å². The van der Waals surface area contributed by atoms with Crippen LogP contribution in [0.5, 0.6) is 5.75 Å². The molecule has 0 saturated carbocycles. The van der Waals surface area contributed by atoms with Crippen LogP contribution in [-0.2, 0) is 9.53 Å². The van der Waals surface area contributed by atoms with Crippen LogP contribution in [0, 0.1) is 5.41 Å². The van der Waals surface area contributed by atoms with Crippen LogP contribution in [0.4, 0.5) is 0 Å². The number of fused-ring (bicyclic) bond motifs is 1. The lowest BCUT2D eigenvalue weighted by Crippen LogP contribution is -2.26. The normalized spacial score (nSPS) is 11.3. The fourth-order valence-corrected chi connectivity index (χ4v) is 2.18. The maximum absolute atomic E-state index is 12.5. The van der Waals surface area contributed by atoms with E-state index in [1.54, 1.807) is 32.9 Å². The highest BCUT2D eigenvalue weighted by atomic mass is 16.5. The number of carboxylic acids is 1. The summed E-state index contributed by atoms with van der Waals surface area (Å²) >= 11 is 0. The predicted molar refractivity (Wildman–Crippen MR) is 99.0 cm³/mol. The maximum Gasteiger partial charge on any atom is 0.354 e. The van der Waals surface area contributed by atoms with Crippen molar-refractivity contribution in [1.29, 1.82) is 0 Å². The summed E-state index contributed by atoms with van der Waals surface area (Å²) in [5.74, 6) is -2.53. The van der Waals surface area contributed by atoms with Gasteiger partial charge in [0.1, 0.15) is 16.8 Å². The molecule has 1 aromatic heterocycles. The molecule has 0 atom stereocenters. The summed E-state index contributed by atoms with van der Waals surface area (Å²) in [4.78, 5) is 40.2. The summed E-state index contributed by atoms with van der Waals surface area (Å²) in [5.41, 5.74) is -0.883. The van der Waals surface area contributed by atoms with Crippen molar-refractivity contribution >= 4 is 28.8 Å². The Morgan fingerprint density at radius 2 is 1.78 bits per heavy atom. The largest absolute Gasteiger partial charge is 0.477 e. The lowest BCUT2D eigenvalue weighted by molar-refractivity contribution is -0.142. The Morgan fingerprint density at radius 3 is 2.37 bits per heavy atom. The number of carboxylic acid groups (broad SMARTS) is 1. The molecular weight excluding hydrogens is 350 g/mol. The van der Waals surface area contributed by atoms with E-state index in [2.05, 4.69) is 4.98 Å². The highest BCUT2D eigenvalue weighted by Crippen LogP contribution is 2.31. The highest BCUT2D eigenvalue weighted by Gasteiger charge is 2.28. The number of esters is 2. The van der Waals surface area contributed by atoms with E-state index in [0.717, 1.165) is 6.42 Å². The van der Waals surface area contributed by atoms with Crippen LogP contribution in [-0.4, -0.2) is 34.6 Å². The minimum absolute atomic E-state index is 0.0336. The zero-order valence-electron chi connectivity index (χ0n) is 15.9. The number of aromatic nitrogens is 1. The average Bonchev–Trinajstić information content (AvgIpc) is 2.60. The topological polar surface area (TPSA) is 103 Å². The first-order chi connectivity index (χ1) is 12.6. The van der Waals surface area contributed by atoms with Gasteiger partial charge in [0.05, 0.1) is 12.0 Å². The van der Waals surface area contributed by atoms with Gasteiger partial charge in [0, 0.05) is 5.39 Å². The highest BCUT2D eigenvalue weighted by molar-refractivity contribution is 6.02. The van der Waals surface area contributed by atoms with Crippen molar-refractivity contribution in [3.8, 4) is 5.75 Å². The van der Waals surface area contributed by atoms with E-state index < -0.39 is 23.3 Å². The standard InChI is InChI=1S/C20H23NO6/c1-5-6-11-26-18(24)13-9-7-12-8-10-14(17(22)23)21-15(12)16(13)27-19(25)20(2,3)4/h7-10H,5-6,11H2,1-4H3,(H,22,23). The second-order valence-electron chi connectivity index (χ2n) is 7.14. The third-order valence-electron chi connectivity index (χ3n) is 3.79. The van der Waals surface area contributed by atoms with Crippen LogP contribution in [0.15, 0.2) is 24.3 Å². The third-order valence-corrected chi connectivity index (χ3v) is 3.79. The molecule has 0 aliphatic carbocycles. The third kappa shape index (κ3) is 4.81. The first-order valence-electron chi connectivity index (χ1n) is 8.71. The summed E-state index contributed by atoms with van der Waals surface area (Å²) in [5, 5.41) is 9.75. The molecule has 0 aliphatic heterocycles. The van der Waals surface area contributed by atoms with Gasteiger partial charge < -0.3 is 14.6 Å². The molecule has 0 amide bonds. The van der Waals surface area contributed by atoms with Gasteiger partial charge in [-0.1, -0.05) is 25.5 Å². The number of ether oxygens (including phenoxy) is 2. The van der Waals surface area contributed by atoms with Crippen molar-refractivity contribution in [3.05, 3.63) is 35.5 Å². The SMILES string of the molecule is CCCCOC(=O)c1ccc2ccc(C(=O)O)nc2c1OC(=O)C(C)(C)C. The second kappa shape index (κ2) is 8.16. The van der Waals surface area contributed by atoms with E-state index >= 15 is 0 Å². The monoisotopic (exact) mass is 373 g/mol. The first-order valence-corrected chi connectivity index (χ1v) is 8.71. The van der Waals surface area contributed by atoms with Crippen molar-refractivity contribution in [1.82, 2.24) is 4.98 Å². The number of hydrogen-bond donors (Lipinski definition) is 1. The van der Waals surface area contributed by atoms with Gasteiger partial charge in [0.15, 0.2) is 5.75 Å². The molecule has 144 valence electrons. The van der Waals surface area contributed by atoms with Gasteiger partial charge in [-0.2, -0.15) is 0 Å². The second-order valence-corrected chi connectivity index (χ2v) is 7.14. The summed E-state index contributed by atoms with van der Waals surface area (Å²) in [6, 6.07) is 5.99. The molecule has 1 heterocycles. The number of benzene rings is 1. The van der Waals surface area contributed by atoms with Crippen LogP contribution in [0.1, 0.15) is 61.4 Å².